The van der Waals surface area contributed by atoms with Gasteiger partial charge in [0.05, 0.1) is 12.5 Å². The Balaban J connectivity index is 1.15. The number of hydrogen-bond donors (Lipinski definition) is 1. The van der Waals surface area contributed by atoms with E-state index < -0.39 is 6.10 Å². The summed E-state index contributed by atoms with van der Waals surface area (Å²) in [5.74, 6) is 3.40. The van der Waals surface area contributed by atoms with Gasteiger partial charge in [0.1, 0.15) is 29.8 Å². The lowest BCUT2D eigenvalue weighted by molar-refractivity contribution is 0.0599. The molecule has 0 aliphatic carbocycles. The van der Waals surface area contributed by atoms with Gasteiger partial charge in [-0.15, -0.1) is 10.2 Å². The molecular formula is C27H31N3O5. The van der Waals surface area contributed by atoms with E-state index in [-0.39, 0.29) is 6.61 Å². The van der Waals surface area contributed by atoms with Gasteiger partial charge >= 0.3 is 0 Å². The molecule has 2 aromatic carbocycles. The average molecular weight is 478 g/mol. The molecule has 8 nitrogen and oxygen atoms in total. The second-order valence-corrected chi connectivity index (χ2v) is 9.17. The summed E-state index contributed by atoms with van der Waals surface area (Å²) in [4.78, 5) is 2.32. The number of aliphatic hydroxyl groups excluding tert-OH is 1. The zero-order valence-electron chi connectivity index (χ0n) is 20.4. The van der Waals surface area contributed by atoms with Gasteiger partial charge in [-0.2, -0.15) is 0 Å². The van der Waals surface area contributed by atoms with Crippen molar-refractivity contribution in [2.24, 2.45) is 0 Å². The molecule has 0 bridgehead atoms. The molecule has 1 fully saturated rings. The van der Waals surface area contributed by atoms with Crippen molar-refractivity contribution in [3.63, 3.8) is 0 Å². The first-order valence-electron chi connectivity index (χ1n) is 12.0. The number of hydrogen-bond acceptors (Lipinski definition) is 8. The molecule has 8 heteroatoms. The maximum absolute atomic E-state index is 10.7. The third kappa shape index (κ3) is 5.18. The molecule has 5 rings (SSSR count). The summed E-state index contributed by atoms with van der Waals surface area (Å²) in [5.41, 5.74) is 3.35. The highest BCUT2D eigenvalue weighted by atomic mass is 16.5. The van der Waals surface area contributed by atoms with Gasteiger partial charge in [-0.1, -0.05) is 12.1 Å². The second-order valence-electron chi connectivity index (χ2n) is 9.17. The van der Waals surface area contributed by atoms with Crippen molar-refractivity contribution in [2.45, 2.75) is 38.7 Å². The van der Waals surface area contributed by atoms with Crippen molar-refractivity contribution in [1.82, 2.24) is 15.1 Å². The number of rotatable bonds is 8. The molecule has 1 aliphatic heterocycles. The van der Waals surface area contributed by atoms with E-state index in [1.54, 1.807) is 14.0 Å². The van der Waals surface area contributed by atoms with Gasteiger partial charge in [-0.05, 0) is 74.2 Å². The quantitative estimate of drug-likeness (QED) is 0.389. The van der Waals surface area contributed by atoms with Crippen LogP contribution >= 0.6 is 0 Å². The predicted octanol–water partition coefficient (Wildman–Crippen LogP) is 4.73. The van der Waals surface area contributed by atoms with Crippen LogP contribution in [0.4, 0.5) is 0 Å². The molecule has 1 unspecified atom stereocenters. The van der Waals surface area contributed by atoms with E-state index in [2.05, 4.69) is 34.2 Å². The Morgan fingerprint density at radius 1 is 1.09 bits per heavy atom. The largest absolute Gasteiger partial charge is 0.497 e. The van der Waals surface area contributed by atoms with Crippen LogP contribution in [0.3, 0.4) is 0 Å². The van der Waals surface area contributed by atoms with Gasteiger partial charge < -0.3 is 28.3 Å². The van der Waals surface area contributed by atoms with Crippen LogP contribution in [0.5, 0.6) is 11.5 Å². The van der Waals surface area contributed by atoms with E-state index in [4.69, 9.17) is 18.3 Å². The smallest absolute Gasteiger partial charge is 0.283 e. The van der Waals surface area contributed by atoms with Gasteiger partial charge in [-0.25, -0.2) is 0 Å². The molecule has 0 amide bonds. The van der Waals surface area contributed by atoms with Crippen LogP contribution in [0.1, 0.15) is 35.8 Å². The summed E-state index contributed by atoms with van der Waals surface area (Å²) in [6.45, 7) is 6.59. The van der Waals surface area contributed by atoms with Crippen LogP contribution in [0, 0.1) is 13.8 Å². The van der Waals surface area contributed by atoms with Crippen molar-refractivity contribution >= 4 is 11.0 Å². The van der Waals surface area contributed by atoms with Crippen LogP contribution in [0.25, 0.3) is 22.6 Å². The first-order valence-corrected chi connectivity index (χ1v) is 12.0. The molecule has 0 spiro atoms. The molecule has 4 aromatic rings. The Bertz CT molecular complexity index is 1290. The molecule has 184 valence electrons. The highest BCUT2D eigenvalue weighted by Crippen LogP contribution is 2.34. The van der Waals surface area contributed by atoms with E-state index >= 15 is 0 Å². The number of ether oxygens (including phenoxy) is 2. The predicted molar refractivity (Wildman–Crippen MR) is 132 cm³/mol. The summed E-state index contributed by atoms with van der Waals surface area (Å²) >= 11 is 0. The highest BCUT2D eigenvalue weighted by molar-refractivity contribution is 5.87. The fourth-order valence-electron chi connectivity index (χ4n) is 4.86. The lowest BCUT2D eigenvalue weighted by Gasteiger charge is -2.34. The number of aromatic nitrogens is 2. The van der Waals surface area contributed by atoms with Crippen LogP contribution in [-0.2, 0) is 0 Å². The minimum absolute atomic E-state index is 0.205. The van der Waals surface area contributed by atoms with Crippen LogP contribution < -0.4 is 9.47 Å². The number of furan rings is 1. The molecule has 3 heterocycles. The Hall–Kier alpha value is -3.36. The van der Waals surface area contributed by atoms with Crippen molar-refractivity contribution in [1.29, 1.82) is 0 Å². The first kappa shape index (κ1) is 23.4. The number of benzene rings is 2. The topological polar surface area (TPSA) is 94.0 Å². The number of β-amino-alcohol motifs (C(OH)–C–C–N with tert-alkyl or cyclic N) is 1. The number of fused-ring (bicyclic) bond motifs is 1. The monoisotopic (exact) mass is 477 g/mol. The fourth-order valence-corrected chi connectivity index (χ4v) is 4.86. The zero-order valence-corrected chi connectivity index (χ0v) is 20.4. The Kier molecular flexibility index (Phi) is 6.74. The highest BCUT2D eigenvalue weighted by Gasteiger charge is 2.24. The van der Waals surface area contributed by atoms with Crippen LogP contribution in [0.2, 0.25) is 0 Å². The Morgan fingerprint density at radius 3 is 2.63 bits per heavy atom. The molecule has 1 atom stereocenters. The summed E-state index contributed by atoms with van der Waals surface area (Å²) in [5, 5.41) is 19.3. The minimum atomic E-state index is -0.588. The lowest BCUT2D eigenvalue weighted by atomic mass is 9.86. The number of methoxy groups -OCH3 is 1. The fraction of sp³-hybridized carbons (Fsp3) is 0.407. The van der Waals surface area contributed by atoms with Gasteiger partial charge in [0.15, 0.2) is 5.76 Å². The number of nitrogens with zero attached hydrogens (tertiary/aromatic N) is 3. The Labute approximate surface area is 204 Å². The molecule has 1 aliphatic rings. The second kappa shape index (κ2) is 10.1. The average Bonchev–Trinajstić information content (AvgIpc) is 3.49. The maximum Gasteiger partial charge on any atom is 0.283 e. The molecule has 35 heavy (non-hydrogen) atoms. The SMILES string of the molecule is COc1ccc(C2CCN(CC(O)COc3cccc4oc(-c5nnc(C)o5)cc34)CC2)c(C)c1. The van der Waals surface area contributed by atoms with Crippen LogP contribution in [-0.4, -0.2) is 59.7 Å². The lowest BCUT2D eigenvalue weighted by Crippen LogP contribution is -2.40. The number of aliphatic hydroxyl groups is 1. The van der Waals surface area contributed by atoms with Gasteiger partial charge in [0.2, 0.25) is 5.89 Å². The summed E-state index contributed by atoms with van der Waals surface area (Å²) in [7, 11) is 1.70. The molecule has 2 aromatic heterocycles. The van der Waals surface area contributed by atoms with E-state index in [9.17, 15) is 5.11 Å². The maximum atomic E-state index is 10.7. The van der Waals surface area contributed by atoms with E-state index in [0.717, 1.165) is 37.1 Å². The van der Waals surface area contributed by atoms with E-state index in [1.807, 2.05) is 30.3 Å². The third-order valence-electron chi connectivity index (χ3n) is 6.66. The number of aryl methyl sites for hydroxylation is 2. The molecule has 0 radical (unpaired) electrons. The van der Waals surface area contributed by atoms with Crippen molar-refractivity contribution in [2.75, 3.05) is 33.4 Å². The Morgan fingerprint density at radius 2 is 1.91 bits per heavy atom. The normalized spacial score (nSPS) is 16.0. The van der Waals surface area contributed by atoms with Crippen molar-refractivity contribution in [3.05, 3.63) is 59.5 Å². The third-order valence-corrected chi connectivity index (χ3v) is 6.66. The zero-order chi connectivity index (χ0) is 24.4. The van der Waals surface area contributed by atoms with Crippen LogP contribution in [0.15, 0.2) is 51.3 Å². The summed E-state index contributed by atoms with van der Waals surface area (Å²) < 4.78 is 22.6. The van der Waals surface area contributed by atoms with E-state index in [0.29, 0.717) is 41.3 Å². The number of piperidine rings is 1. The van der Waals surface area contributed by atoms with Crippen molar-refractivity contribution < 1.29 is 23.4 Å². The van der Waals surface area contributed by atoms with Gasteiger partial charge in [0, 0.05) is 19.5 Å². The first-order chi connectivity index (χ1) is 17.0. The molecule has 0 saturated carbocycles. The van der Waals surface area contributed by atoms with Crippen molar-refractivity contribution in [3.8, 4) is 23.1 Å². The molecule has 1 saturated heterocycles. The standard InChI is InChI=1S/C27H31N3O5/c1-17-13-21(32-3)7-8-22(17)19-9-11-30(12-10-19)15-20(31)16-33-24-5-4-6-25-23(24)14-26(35-25)27-29-28-18(2)34-27/h4-8,13-14,19-20,31H,9-12,15-16H2,1-3H3. The number of likely N-dealkylation sites (tertiary alicyclic amines) is 1. The molecular weight excluding hydrogens is 446 g/mol. The van der Waals surface area contributed by atoms with Gasteiger partial charge in [0.25, 0.3) is 5.89 Å². The summed E-state index contributed by atoms with van der Waals surface area (Å²) in [6.07, 6.45) is 1.56. The van der Waals surface area contributed by atoms with E-state index in [1.165, 1.54) is 11.1 Å². The molecule has 1 N–H and O–H groups in total. The van der Waals surface area contributed by atoms with Gasteiger partial charge in [-0.3, -0.25) is 0 Å². The minimum Gasteiger partial charge on any atom is -0.497 e. The summed E-state index contributed by atoms with van der Waals surface area (Å²) in [6, 6.07) is 13.8.